The highest BCUT2D eigenvalue weighted by molar-refractivity contribution is 7.92. The molecule has 0 saturated carbocycles. The Morgan fingerprint density at radius 2 is 1.64 bits per heavy atom. The Balaban J connectivity index is 1.80. The highest BCUT2D eigenvalue weighted by Gasteiger charge is 2.24. The molecule has 0 spiro atoms. The quantitative estimate of drug-likeness (QED) is 0.601. The van der Waals surface area contributed by atoms with Crippen LogP contribution in [0.15, 0.2) is 77.8 Å². The molecule has 0 aliphatic carbocycles. The van der Waals surface area contributed by atoms with Crippen molar-refractivity contribution in [3.05, 3.63) is 84.3 Å². The van der Waals surface area contributed by atoms with Crippen LogP contribution >= 0.6 is 0 Å². The Morgan fingerprint density at radius 1 is 0.964 bits per heavy atom. The fourth-order valence-electron chi connectivity index (χ4n) is 2.91. The maximum absolute atomic E-state index is 13.0. The van der Waals surface area contributed by atoms with Gasteiger partial charge in [0.1, 0.15) is 16.5 Å². The summed E-state index contributed by atoms with van der Waals surface area (Å²) in [4.78, 5) is 6.32. The zero-order valence-electron chi connectivity index (χ0n) is 15.8. The number of halogens is 1. The Kier molecular flexibility index (Phi) is 5.94. The summed E-state index contributed by atoms with van der Waals surface area (Å²) in [6.45, 7) is 2.64. The second-order valence-corrected chi connectivity index (χ2v) is 8.20. The fourth-order valence-corrected chi connectivity index (χ4v) is 4.33. The molecule has 3 aromatic rings. The minimum absolute atomic E-state index is 0.136. The molecule has 0 saturated heterocycles. The van der Waals surface area contributed by atoms with Gasteiger partial charge in [-0.3, -0.25) is 4.31 Å². The van der Waals surface area contributed by atoms with Crippen LogP contribution in [-0.4, -0.2) is 27.0 Å². The number of benzene rings is 2. The molecule has 0 fully saturated rings. The number of hydrogen-bond acceptors (Lipinski definition) is 4. The summed E-state index contributed by atoms with van der Waals surface area (Å²) >= 11 is 0. The number of pyridine rings is 1. The second kappa shape index (κ2) is 8.39. The number of nitrogens with zero attached hydrogens (tertiary/aromatic N) is 3. The molecule has 0 atom stereocenters. The zero-order valence-corrected chi connectivity index (χ0v) is 16.6. The largest absolute Gasteiger partial charge is 0.355 e. The number of aromatic nitrogens is 1. The van der Waals surface area contributed by atoms with E-state index in [9.17, 15) is 12.8 Å². The summed E-state index contributed by atoms with van der Waals surface area (Å²) in [7, 11) is -1.85. The summed E-state index contributed by atoms with van der Waals surface area (Å²) < 4.78 is 40.4. The van der Waals surface area contributed by atoms with Gasteiger partial charge in [-0.25, -0.2) is 17.8 Å². The van der Waals surface area contributed by atoms with E-state index in [0.29, 0.717) is 24.6 Å². The van der Waals surface area contributed by atoms with Crippen LogP contribution < -0.4 is 9.21 Å². The monoisotopic (exact) mass is 399 g/mol. The van der Waals surface area contributed by atoms with Crippen molar-refractivity contribution in [1.29, 1.82) is 0 Å². The molecule has 0 bridgehead atoms. The average Bonchev–Trinajstić information content (AvgIpc) is 2.71. The van der Waals surface area contributed by atoms with Gasteiger partial charge in [-0.1, -0.05) is 30.3 Å². The zero-order chi connectivity index (χ0) is 20.1. The van der Waals surface area contributed by atoms with Gasteiger partial charge in [-0.05, 0) is 48.9 Å². The van der Waals surface area contributed by atoms with Gasteiger partial charge in [-0.15, -0.1) is 0 Å². The third-order valence-corrected chi connectivity index (χ3v) is 6.25. The lowest BCUT2D eigenvalue weighted by Gasteiger charge is -2.23. The topological polar surface area (TPSA) is 53.5 Å². The highest BCUT2D eigenvalue weighted by atomic mass is 32.2. The van der Waals surface area contributed by atoms with Gasteiger partial charge in [0, 0.05) is 26.3 Å². The van der Waals surface area contributed by atoms with Gasteiger partial charge < -0.3 is 4.90 Å². The first-order valence-corrected chi connectivity index (χ1v) is 10.3. The van der Waals surface area contributed by atoms with Gasteiger partial charge >= 0.3 is 0 Å². The highest BCUT2D eigenvalue weighted by Crippen LogP contribution is 2.24. The Hall–Kier alpha value is -2.93. The first kappa shape index (κ1) is 19.8. The van der Waals surface area contributed by atoms with E-state index in [1.54, 1.807) is 55.5 Å². The molecule has 146 valence electrons. The molecule has 0 amide bonds. The van der Waals surface area contributed by atoms with E-state index in [1.165, 1.54) is 22.6 Å². The molecule has 3 rings (SSSR count). The van der Waals surface area contributed by atoms with E-state index in [2.05, 4.69) is 4.98 Å². The SMILES string of the molecule is CCN(c1ccccc1)S(=O)(=O)c1ccc(N(C)Cc2ccc(F)cc2)nc1. The van der Waals surface area contributed by atoms with Crippen molar-refractivity contribution in [3.63, 3.8) is 0 Å². The van der Waals surface area contributed by atoms with Gasteiger partial charge in [0.05, 0.1) is 5.69 Å². The molecule has 0 aliphatic heterocycles. The van der Waals surface area contributed by atoms with E-state index in [-0.39, 0.29) is 10.7 Å². The van der Waals surface area contributed by atoms with Crippen LogP contribution in [0, 0.1) is 5.82 Å². The van der Waals surface area contributed by atoms with E-state index in [1.807, 2.05) is 18.0 Å². The van der Waals surface area contributed by atoms with E-state index < -0.39 is 10.0 Å². The van der Waals surface area contributed by atoms with Crippen molar-refractivity contribution in [1.82, 2.24) is 4.98 Å². The third kappa shape index (κ3) is 4.31. The second-order valence-electron chi connectivity index (χ2n) is 6.34. The van der Waals surface area contributed by atoms with Crippen molar-refractivity contribution in [3.8, 4) is 0 Å². The molecule has 5 nitrogen and oxygen atoms in total. The Bertz CT molecular complexity index is 1010. The maximum atomic E-state index is 13.0. The van der Waals surface area contributed by atoms with Gasteiger partial charge in [0.15, 0.2) is 0 Å². The molecule has 0 unspecified atom stereocenters. The molecule has 0 N–H and O–H groups in total. The van der Waals surface area contributed by atoms with E-state index in [0.717, 1.165) is 5.56 Å². The number of rotatable bonds is 7. The molecule has 1 aromatic heterocycles. The van der Waals surface area contributed by atoms with Crippen LogP contribution in [0.2, 0.25) is 0 Å². The maximum Gasteiger partial charge on any atom is 0.265 e. The molecule has 1 heterocycles. The number of hydrogen-bond donors (Lipinski definition) is 0. The molecule has 0 radical (unpaired) electrons. The molecular formula is C21H22FN3O2S. The van der Waals surface area contributed by atoms with Crippen LogP contribution in [0.25, 0.3) is 0 Å². The minimum Gasteiger partial charge on any atom is -0.355 e. The smallest absolute Gasteiger partial charge is 0.265 e. The Morgan fingerprint density at radius 3 is 2.21 bits per heavy atom. The summed E-state index contributed by atoms with van der Waals surface area (Å²) in [5.74, 6) is 0.351. The fraction of sp³-hybridized carbons (Fsp3) is 0.190. The molecule has 28 heavy (non-hydrogen) atoms. The molecular weight excluding hydrogens is 377 g/mol. The summed E-state index contributed by atoms with van der Waals surface area (Å²) in [6.07, 6.45) is 1.37. The van der Waals surface area contributed by atoms with Crippen LogP contribution in [0.5, 0.6) is 0 Å². The minimum atomic E-state index is -3.70. The average molecular weight is 399 g/mol. The van der Waals surface area contributed by atoms with Crippen LogP contribution in [0.4, 0.5) is 15.9 Å². The lowest BCUT2D eigenvalue weighted by Crippen LogP contribution is -2.30. The van der Waals surface area contributed by atoms with Crippen LogP contribution in [0.3, 0.4) is 0 Å². The van der Waals surface area contributed by atoms with Crippen LogP contribution in [0.1, 0.15) is 12.5 Å². The van der Waals surface area contributed by atoms with Crippen molar-refractivity contribution < 1.29 is 12.8 Å². The lowest BCUT2D eigenvalue weighted by molar-refractivity contribution is 0.591. The first-order valence-electron chi connectivity index (χ1n) is 8.91. The summed E-state index contributed by atoms with van der Waals surface area (Å²) in [5, 5.41) is 0. The third-order valence-electron chi connectivity index (χ3n) is 4.36. The lowest BCUT2D eigenvalue weighted by atomic mass is 10.2. The normalized spacial score (nSPS) is 11.2. The molecule has 0 aliphatic rings. The van der Waals surface area contributed by atoms with Crippen molar-refractivity contribution in [2.24, 2.45) is 0 Å². The van der Waals surface area contributed by atoms with E-state index >= 15 is 0 Å². The number of para-hydroxylation sites is 1. The van der Waals surface area contributed by atoms with Gasteiger partial charge in [0.2, 0.25) is 0 Å². The van der Waals surface area contributed by atoms with E-state index in [4.69, 9.17) is 0 Å². The molecule has 7 heteroatoms. The van der Waals surface area contributed by atoms with Crippen LogP contribution in [-0.2, 0) is 16.6 Å². The van der Waals surface area contributed by atoms with Gasteiger partial charge in [-0.2, -0.15) is 0 Å². The Labute approximate surface area is 165 Å². The summed E-state index contributed by atoms with van der Waals surface area (Å²) in [6, 6.07) is 18.5. The van der Waals surface area contributed by atoms with Crippen molar-refractivity contribution >= 4 is 21.5 Å². The summed E-state index contributed by atoms with van der Waals surface area (Å²) in [5.41, 5.74) is 1.55. The van der Waals surface area contributed by atoms with Crippen molar-refractivity contribution in [2.75, 3.05) is 22.8 Å². The predicted octanol–water partition coefficient (Wildman–Crippen LogP) is 4.07. The number of sulfonamides is 1. The predicted molar refractivity (Wildman–Crippen MR) is 109 cm³/mol. The van der Waals surface area contributed by atoms with Crippen molar-refractivity contribution in [2.45, 2.75) is 18.4 Å². The standard InChI is InChI=1S/C21H22FN3O2S/c1-3-25(19-7-5-4-6-8-19)28(26,27)20-13-14-21(23-15-20)24(2)16-17-9-11-18(22)12-10-17/h4-15H,3,16H2,1-2H3. The molecule has 2 aromatic carbocycles. The van der Waals surface area contributed by atoms with Gasteiger partial charge in [0.25, 0.3) is 10.0 Å². The first-order chi connectivity index (χ1) is 13.4. The number of anilines is 2.